The van der Waals surface area contributed by atoms with Crippen LogP contribution in [-0.2, 0) is 16.4 Å². The maximum Gasteiger partial charge on any atom is 0.193 e. The normalized spacial score (nSPS) is 15.6. The average molecular weight is 517 g/mol. The summed E-state index contributed by atoms with van der Waals surface area (Å²) in [5.41, 5.74) is 1.93. The van der Waals surface area contributed by atoms with Gasteiger partial charge in [0, 0.05) is 32.3 Å². The fourth-order valence-corrected chi connectivity index (χ4v) is 4.77. The molecule has 0 atom stereocenters. The van der Waals surface area contributed by atoms with E-state index in [1.807, 2.05) is 48.5 Å². The van der Waals surface area contributed by atoms with Gasteiger partial charge in [0.2, 0.25) is 0 Å². The van der Waals surface area contributed by atoms with E-state index in [0.717, 1.165) is 35.9 Å². The Morgan fingerprint density at radius 2 is 2.00 bits per heavy atom. The van der Waals surface area contributed by atoms with Crippen LogP contribution in [0.25, 0.3) is 11.3 Å². The number of nitrogens with zero attached hydrogens (tertiary/aromatic N) is 3. The molecule has 1 aliphatic rings. The van der Waals surface area contributed by atoms with Gasteiger partial charge >= 0.3 is 0 Å². The van der Waals surface area contributed by atoms with Crippen LogP contribution in [-0.4, -0.2) is 61.9 Å². The van der Waals surface area contributed by atoms with Gasteiger partial charge in [0.15, 0.2) is 5.96 Å². The number of hydrogen-bond donors (Lipinski definition) is 2. The topological polar surface area (TPSA) is 90.4 Å². The third-order valence-electron chi connectivity index (χ3n) is 4.82. The van der Waals surface area contributed by atoms with Crippen molar-refractivity contribution in [2.75, 3.05) is 32.6 Å². The monoisotopic (exact) mass is 517 g/mol. The van der Waals surface area contributed by atoms with Gasteiger partial charge in [-0.3, -0.25) is 4.99 Å². The van der Waals surface area contributed by atoms with Gasteiger partial charge in [0.1, 0.15) is 15.7 Å². The number of H-pyrrole nitrogens is 1. The minimum absolute atomic E-state index is 0. The fraction of sp³-hybridized carbons (Fsp3) is 0.474. The average Bonchev–Trinajstić information content (AvgIpc) is 3.20. The number of sulfone groups is 1. The molecule has 0 radical (unpaired) electrons. The van der Waals surface area contributed by atoms with Crippen molar-refractivity contribution in [1.29, 1.82) is 0 Å². The fourth-order valence-electron chi connectivity index (χ4n) is 3.26. The molecule has 1 heterocycles. The number of aliphatic imine (C=N–C) groups is 1. The molecule has 1 aliphatic carbocycles. The van der Waals surface area contributed by atoms with Gasteiger partial charge in [-0.1, -0.05) is 30.3 Å². The van der Waals surface area contributed by atoms with Crippen LogP contribution >= 0.6 is 24.0 Å². The highest BCUT2D eigenvalue weighted by molar-refractivity contribution is 14.0. The van der Waals surface area contributed by atoms with E-state index in [4.69, 9.17) is 0 Å². The van der Waals surface area contributed by atoms with Crippen LogP contribution in [0.1, 0.15) is 18.7 Å². The highest BCUT2D eigenvalue weighted by Gasteiger charge is 2.45. The van der Waals surface area contributed by atoms with Crippen molar-refractivity contribution in [3.8, 4) is 11.3 Å². The zero-order valence-electron chi connectivity index (χ0n) is 16.5. The largest absolute Gasteiger partial charge is 0.356 e. The molecule has 1 fully saturated rings. The molecule has 0 spiro atoms. The number of aromatic nitrogens is 2. The summed E-state index contributed by atoms with van der Waals surface area (Å²) in [6.45, 7) is 1.19. The van der Waals surface area contributed by atoms with Crippen molar-refractivity contribution in [3.63, 3.8) is 0 Å². The van der Waals surface area contributed by atoms with Gasteiger partial charge in [-0.05, 0) is 18.4 Å². The third-order valence-corrected chi connectivity index (χ3v) is 5.96. The first kappa shape index (κ1) is 22.7. The summed E-state index contributed by atoms with van der Waals surface area (Å²) < 4.78 is 23.2. The van der Waals surface area contributed by atoms with Crippen LogP contribution < -0.4 is 5.32 Å². The van der Waals surface area contributed by atoms with Crippen molar-refractivity contribution in [2.45, 2.75) is 19.4 Å². The van der Waals surface area contributed by atoms with Crippen molar-refractivity contribution in [3.05, 3.63) is 42.4 Å². The predicted molar refractivity (Wildman–Crippen MR) is 124 cm³/mol. The number of halogens is 1. The molecule has 1 aromatic carbocycles. The lowest BCUT2D eigenvalue weighted by atomic mass is 10.1. The van der Waals surface area contributed by atoms with E-state index < -0.39 is 9.84 Å². The molecule has 0 saturated heterocycles. The molecule has 1 aromatic heterocycles. The second-order valence-electron chi connectivity index (χ2n) is 7.44. The lowest BCUT2D eigenvalue weighted by Crippen LogP contribution is -2.42. The molecule has 2 N–H and O–H groups in total. The predicted octanol–water partition coefficient (Wildman–Crippen LogP) is 2.53. The zero-order chi connectivity index (χ0) is 19.5. The summed E-state index contributed by atoms with van der Waals surface area (Å²) in [4.78, 5) is 14.1. The van der Waals surface area contributed by atoms with E-state index in [9.17, 15) is 8.42 Å². The van der Waals surface area contributed by atoms with Gasteiger partial charge < -0.3 is 15.2 Å². The number of rotatable bonds is 7. The highest BCUT2D eigenvalue weighted by Crippen LogP contribution is 2.46. The molecule has 0 bridgehead atoms. The van der Waals surface area contributed by atoms with Crippen LogP contribution in [0.15, 0.2) is 41.5 Å². The first-order chi connectivity index (χ1) is 12.8. The van der Waals surface area contributed by atoms with E-state index >= 15 is 0 Å². The minimum atomic E-state index is -2.97. The number of hydrogen-bond acceptors (Lipinski definition) is 4. The van der Waals surface area contributed by atoms with E-state index in [1.165, 1.54) is 6.26 Å². The number of benzene rings is 1. The van der Waals surface area contributed by atoms with Crippen molar-refractivity contribution in [2.24, 2.45) is 10.4 Å². The maximum atomic E-state index is 11.6. The summed E-state index contributed by atoms with van der Waals surface area (Å²) >= 11 is 0. The van der Waals surface area contributed by atoms with E-state index in [0.29, 0.717) is 13.1 Å². The van der Waals surface area contributed by atoms with E-state index in [1.54, 1.807) is 7.05 Å². The van der Waals surface area contributed by atoms with Gasteiger partial charge in [0.05, 0.1) is 24.2 Å². The first-order valence-electron chi connectivity index (χ1n) is 8.99. The van der Waals surface area contributed by atoms with E-state index in [2.05, 4.69) is 20.3 Å². The lowest BCUT2D eigenvalue weighted by Gasteiger charge is -2.23. The second kappa shape index (κ2) is 9.25. The quantitative estimate of drug-likeness (QED) is 0.335. The molecule has 9 heteroatoms. The van der Waals surface area contributed by atoms with Crippen molar-refractivity contribution in [1.82, 2.24) is 20.2 Å². The Morgan fingerprint density at radius 1 is 1.32 bits per heavy atom. The zero-order valence-corrected chi connectivity index (χ0v) is 19.6. The molecule has 2 aromatic rings. The summed E-state index contributed by atoms with van der Waals surface area (Å²) in [7, 11) is 0.695. The van der Waals surface area contributed by atoms with Crippen LogP contribution in [0.5, 0.6) is 0 Å². The molecular weight excluding hydrogens is 489 g/mol. The lowest BCUT2D eigenvalue weighted by molar-refractivity contribution is 0.448. The van der Waals surface area contributed by atoms with Crippen molar-refractivity contribution < 1.29 is 8.42 Å². The molecular formula is C19H28IN5O2S. The molecule has 0 unspecified atom stereocenters. The van der Waals surface area contributed by atoms with Gasteiger partial charge in [-0.25, -0.2) is 13.4 Å². The van der Waals surface area contributed by atoms with Crippen molar-refractivity contribution >= 4 is 39.8 Å². The Morgan fingerprint density at radius 3 is 2.57 bits per heavy atom. The number of guanidine groups is 1. The summed E-state index contributed by atoms with van der Waals surface area (Å²) in [5.74, 6) is 1.80. The van der Waals surface area contributed by atoms with Crippen LogP contribution in [0.3, 0.4) is 0 Å². The molecule has 28 heavy (non-hydrogen) atoms. The first-order valence-corrected chi connectivity index (χ1v) is 11.1. The summed E-state index contributed by atoms with van der Waals surface area (Å²) in [6, 6.07) is 10.1. The number of imidazole rings is 1. The van der Waals surface area contributed by atoms with Crippen LogP contribution in [0, 0.1) is 5.41 Å². The SMILES string of the molecule is CN=C(NCC1(CS(C)(=O)=O)CC1)N(C)Cc1ncc(-c2ccccc2)[nH]1.I. The summed E-state index contributed by atoms with van der Waals surface area (Å²) in [6.07, 6.45) is 5.01. The van der Waals surface area contributed by atoms with Crippen LogP contribution in [0.2, 0.25) is 0 Å². The minimum Gasteiger partial charge on any atom is -0.356 e. The Balaban J connectivity index is 0.00000280. The highest BCUT2D eigenvalue weighted by atomic mass is 127. The Hall–Kier alpha value is -1.62. The van der Waals surface area contributed by atoms with Gasteiger partial charge in [-0.15, -0.1) is 24.0 Å². The second-order valence-corrected chi connectivity index (χ2v) is 9.58. The molecule has 3 rings (SSSR count). The molecule has 7 nitrogen and oxygen atoms in total. The number of nitrogens with one attached hydrogen (secondary N) is 2. The Bertz CT molecular complexity index is 907. The third kappa shape index (κ3) is 6.20. The molecule has 0 aliphatic heterocycles. The maximum absolute atomic E-state index is 11.6. The molecule has 154 valence electrons. The standard InChI is InChI=1S/C19H27N5O2S.HI/c1-20-18(22-13-19(9-10-19)14-27(3,25)26)24(2)12-17-21-11-16(23-17)15-7-5-4-6-8-15;/h4-8,11H,9-10,12-14H2,1-3H3,(H,20,22)(H,21,23);1H. The van der Waals surface area contributed by atoms with Crippen LogP contribution in [0.4, 0.5) is 0 Å². The number of aromatic amines is 1. The molecule has 1 saturated carbocycles. The smallest absolute Gasteiger partial charge is 0.193 e. The Kier molecular flexibility index (Phi) is 7.49. The van der Waals surface area contributed by atoms with Gasteiger partial charge in [0.25, 0.3) is 0 Å². The molecule has 0 amide bonds. The van der Waals surface area contributed by atoms with Gasteiger partial charge in [-0.2, -0.15) is 0 Å². The summed E-state index contributed by atoms with van der Waals surface area (Å²) in [5, 5.41) is 3.32. The van der Waals surface area contributed by atoms with E-state index in [-0.39, 0.29) is 35.1 Å². The Labute approximate surface area is 184 Å².